The molecule has 20 heavy (non-hydrogen) atoms. The predicted molar refractivity (Wildman–Crippen MR) is 79.4 cm³/mol. The summed E-state index contributed by atoms with van der Waals surface area (Å²) in [6.07, 6.45) is 1.85. The molecule has 0 radical (unpaired) electrons. The second kappa shape index (κ2) is 7.05. The topological polar surface area (TPSA) is 51.1 Å². The zero-order valence-corrected chi connectivity index (χ0v) is 12.3. The predicted octanol–water partition coefficient (Wildman–Crippen LogP) is 2.60. The van der Waals surface area contributed by atoms with Crippen molar-refractivity contribution in [3.05, 3.63) is 41.2 Å². The van der Waals surface area contributed by atoms with Crippen molar-refractivity contribution in [1.82, 2.24) is 15.0 Å². The molecule has 0 aliphatic carbocycles. The summed E-state index contributed by atoms with van der Waals surface area (Å²) >= 11 is 5.83. The SMILES string of the molecule is CN(C)c1nc(Cl)nc(OCCCc2ccccc2)n1. The van der Waals surface area contributed by atoms with E-state index in [4.69, 9.17) is 16.3 Å². The van der Waals surface area contributed by atoms with Crippen LogP contribution >= 0.6 is 11.6 Å². The number of rotatable bonds is 6. The van der Waals surface area contributed by atoms with Crippen LogP contribution in [-0.2, 0) is 6.42 Å². The molecule has 5 nitrogen and oxygen atoms in total. The highest BCUT2D eigenvalue weighted by Crippen LogP contribution is 2.13. The molecule has 0 saturated heterocycles. The van der Waals surface area contributed by atoms with Crippen LogP contribution in [-0.4, -0.2) is 35.7 Å². The molecule has 1 aromatic carbocycles. The normalized spacial score (nSPS) is 10.3. The smallest absolute Gasteiger partial charge is 0.322 e. The van der Waals surface area contributed by atoms with Crippen LogP contribution in [0.2, 0.25) is 5.28 Å². The van der Waals surface area contributed by atoms with Crippen molar-refractivity contribution in [3.8, 4) is 6.01 Å². The fourth-order valence-corrected chi connectivity index (χ4v) is 1.82. The van der Waals surface area contributed by atoms with Gasteiger partial charge in [0, 0.05) is 14.1 Å². The molecule has 0 aliphatic rings. The summed E-state index contributed by atoms with van der Waals surface area (Å²) in [5, 5.41) is 0.141. The van der Waals surface area contributed by atoms with E-state index in [2.05, 4.69) is 27.1 Å². The monoisotopic (exact) mass is 292 g/mol. The van der Waals surface area contributed by atoms with Crippen LogP contribution in [0.15, 0.2) is 30.3 Å². The van der Waals surface area contributed by atoms with Crippen molar-refractivity contribution in [1.29, 1.82) is 0 Å². The van der Waals surface area contributed by atoms with Gasteiger partial charge in [-0.15, -0.1) is 0 Å². The average molecular weight is 293 g/mol. The summed E-state index contributed by atoms with van der Waals surface area (Å²) in [7, 11) is 3.68. The Balaban J connectivity index is 1.85. The molecule has 1 heterocycles. The number of benzene rings is 1. The van der Waals surface area contributed by atoms with Gasteiger partial charge in [0.05, 0.1) is 6.61 Å². The van der Waals surface area contributed by atoms with Crippen molar-refractivity contribution in [2.45, 2.75) is 12.8 Å². The number of aryl methyl sites for hydroxylation is 1. The lowest BCUT2D eigenvalue weighted by Crippen LogP contribution is -2.14. The molecule has 0 amide bonds. The van der Waals surface area contributed by atoms with Gasteiger partial charge in [-0.3, -0.25) is 0 Å². The van der Waals surface area contributed by atoms with Crippen LogP contribution < -0.4 is 9.64 Å². The maximum Gasteiger partial charge on any atom is 0.322 e. The summed E-state index contributed by atoms with van der Waals surface area (Å²) < 4.78 is 5.53. The van der Waals surface area contributed by atoms with E-state index in [1.165, 1.54) is 5.56 Å². The summed E-state index contributed by atoms with van der Waals surface area (Å²) in [6, 6.07) is 10.5. The van der Waals surface area contributed by atoms with Gasteiger partial charge in [-0.2, -0.15) is 15.0 Å². The lowest BCUT2D eigenvalue weighted by atomic mass is 10.1. The minimum atomic E-state index is 0.141. The van der Waals surface area contributed by atoms with Crippen LogP contribution in [0.3, 0.4) is 0 Å². The van der Waals surface area contributed by atoms with Crippen LogP contribution in [0.4, 0.5) is 5.95 Å². The van der Waals surface area contributed by atoms with Crippen molar-refractivity contribution in [2.75, 3.05) is 25.6 Å². The van der Waals surface area contributed by atoms with Gasteiger partial charge in [0.15, 0.2) is 0 Å². The first-order chi connectivity index (χ1) is 9.65. The van der Waals surface area contributed by atoms with Gasteiger partial charge in [0.25, 0.3) is 0 Å². The number of hydrogen-bond acceptors (Lipinski definition) is 5. The zero-order chi connectivity index (χ0) is 14.4. The first-order valence-electron chi connectivity index (χ1n) is 6.41. The van der Waals surface area contributed by atoms with E-state index >= 15 is 0 Å². The molecule has 0 aliphatic heterocycles. The molecular formula is C14H17ClN4O. The number of hydrogen-bond donors (Lipinski definition) is 0. The summed E-state index contributed by atoms with van der Waals surface area (Å²) in [5.41, 5.74) is 1.29. The molecule has 0 fully saturated rings. The van der Waals surface area contributed by atoms with Crippen molar-refractivity contribution in [3.63, 3.8) is 0 Å². The highest BCUT2D eigenvalue weighted by Gasteiger charge is 2.07. The van der Waals surface area contributed by atoms with Gasteiger partial charge in [-0.1, -0.05) is 30.3 Å². The molecule has 0 unspecified atom stereocenters. The lowest BCUT2D eigenvalue weighted by Gasteiger charge is -2.11. The molecule has 1 aromatic heterocycles. The van der Waals surface area contributed by atoms with Gasteiger partial charge in [0.1, 0.15) is 0 Å². The molecule has 2 rings (SSSR count). The minimum Gasteiger partial charge on any atom is -0.463 e. The summed E-state index contributed by atoms with van der Waals surface area (Å²) in [5.74, 6) is 0.489. The fourth-order valence-electron chi connectivity index (χ4n) is 1.67. The number of anilines is 1. The van der Waals surface area contributed by atoms with Gasteiger partial charge in [0.2, 0.25) is 11.2 Å². The quantitative estimate of drug-likeness (QED) is 0.766. The van der Waals surface area contributed by atoms with Gasteiger partial charge < -0.3 is 9.64 Å². The Morgan fingerprint density at radius 2 is 1.85 bits per heavy atom. The Hall–Kier alpha value is -1.88. The van der Waals surface area contributed by atoms with Crippen molar-refractivity contribution in [2.24, 2.45) is 0 Å². The highest BCUT2D eigenvalue weighted by molar-refractivity contribution is 6.28. The van der Waals surface area contributed by atoms with E-state index in [1.807, 2.05) is 32.3 Å². The Kier molecular flexibility index (Phi) is 5.12. The first-order valence-corrected chi connectivity index (χ1v) is 6.78. The minimum absolute atomic E-state index is 0.141. The molecular weight excluding hydrogens is 276 g/mol. The summed E-state index contributed by atoms with van der Waals surface area (Å²) in [4.78, 5) is 13.9. The maximum atomic E-state index is 5.83. The van der Waals surface area contributed by atoms with E-state index in [9.17, 15) is 0 Å². The van der Waals surface area contributed by atoms with Crippen molar-refractivity contribution >= 4 is 17.5 Å². The van der Waals surface area contributed by atoms with E-state index < -0.39 is 0 Å². The third-order valence-corrected chi connectivity index (χ3v) is 2.83. The van der Waals surface area contributed by atoms with Crippen LogP contribution in [0, 0.1) is 0 Å². The molecule has 0 N–H and O–H groups in total. The number of ether oxygens (including phenoxy) is 1. The first kappa shape index (κ1) is 14.5. The van der Waals surface area contributed by atoms with Crippen LogP contribution in [0.25, 0.3) is 0 Å². The largest absolute Gasteiger partial charge is 0.463 e. The Morgan fingerprint density at radius 1 is 1.10 bits per heavy atom. The van der Waals surface area contributed by atoms with Crippen LogP contribution in [0.1, 0.15) is 12.0 Å². The Morgan fingerprint density at radius 3 is 2.55 bits per heavy atom. The molecule has 2 aromatic rings. The van der Waals surface area contributed by atoms with E-state index in [1.54, 1.807) is 4.90 Å². The number of halogens is 1. The second-order valence-corrected chi connectivity index (χ2v) is 4.86. The van der Waals surface area contributed by atoms with E-state index in [-0.39, 0.29) is 11.3 Å². The second-order valence-electron chi connectivity index (χ2n) is 4.52. The van der Waals surface area contributed by atoms with E-state index in [0.717, 1.165) is 12.8 Å². The van der Waals surface area contributed by atoms with Gasteiger partial charge in [-0.05, 0) is 30.0 Å². The number of aromatic nitrogens is 3. The third kappa shape index (κ3) is 4.35. The molecule has 0 bridgehead atoms. The van der Waals surface area contributed by atoms with E-state index in [0.29, 0.717) is 12.6 Å². The maximum absolute atomic E-state index is 5.83. The Labute approximate surface area is 123 Å². The zero-order valence-electron chi connectivity index (χ0n) is 11.6. The standard InChI is InChI=1S/C14H17ClN4O/c1-19(2)13-16-12(15)17-14(18-13)20-10-6-9-11-7-4-3-5-8-11/h3-5,7-8H,6,9-10H2,1-2H3. The van der Waals surface area contributed by atoms with Gasteiger partial charge >= 0.3 is 6.01 Å². The molecule has 0 saturated carbocycles. The number of nitrogens with zero attached hydrogens (tertiary/aromatic N) is 4. The highest BCUT2D eigenvalue weighted by atomic mass is 35.5. The fraction of sp³-hybridized carbons (Fsp3) is 0.357. The average Bonchev–Trinajstić information content (AvgIpc) is 2.44. The Bertz CT molecular complexity index is 548. The molecule has 106 valence electrons. The summed E-state index contributed by atoms with van der Waals surface area (Å²) in [6.45, 7) is 0.544. The molecule has 6 heteroatoms. The van der Waals surface area contributed by atoms with Gasteiger partial charge in [-0.25, -0.2) is 0 Å². The third-order valence-electron chi connectivity index (χ3n) is 2.66. The van der Waals surface area contributed by atoms with Crippen molar-refractivity contribution < 1.29 is 4.74 Å². The molecule has 0 spiro atoms. The lowest BCUT2D eigenvalue weighted by molar-refractivity contribution is 0.286. The molecule has 0 atom stereocenters. The van der Waals surface area contributed by atoms with Crippen LogP contribution in [0.5, 0.6) is 6.01 Å².